The van der Waals surface area contributed by atoms with Crippen LogP contribution in [0.5, 0.6) is 0 Å². The molecule has 1 aliphatic heterocycles. The maximum Gasteiger partial charge on any atom is 0.232 e. The van der Waals surface area contributed by atoms with Crippen LogP contribution in [-0.2, 0) is 9.59 Å². The normalized spacial score (nSPS) is 21.9. The van der Waals surface area contributed by atoms with Gasteiger partial charge in [-0.05, 0) is 26.0 Å². The Morgan fingerprint density at radius 3 is 2.68 bits per heavy atom. The standard InChI is InChI=1S/C14H16N2O3/c1-9(17)10-4-3-5-11(6-10)16-13(19)14(2)7-12(18)15-8-14/h3-6H,7-8H2,1-2H3,(H,15,18)(H,16,19). The number of amides is 2. The lowest BCUT2D eigenvalue weighted by molar-refractivity contribution is -0.126. The van der Waals surface area contributed by atoms with E-state index in [2.05, 4.69) is 10.6 Å². The number of hydrogen-bond donors (Lipinski definition) is 2. The second-order valence-corrected chi connectivity index (χ2v) is 5.11. The Hall–Kier alpha value is -2.17. The number of carbonyl (C=O) groups excluding carboxylic acids is 3. The molecule has 5 nitrogen and oxygen atoms in total. The molecule has 1 aromatic carbocycles. The van der Waals surface area contributed by atoms with Crippen molar-refractivity contribution in [2.45, 2.75) is 20.3 Å². The molecule has 2 amide bonds. The first-order valence-corrected chi connectivity index (χ1v) is 6.10. The van der Waals surface area contributed by atoms with Crippen molar-refractivity contribution < 1.29 is 14.4 Å². The molecule has 1 saturated heterocycles. The molecule has 1 unspecified atom stereocenters. The minimum atomic E-state index is -0.733. The fraction of sp³-hybridized carbons (Fsp3) is 0.357. The number of benzene rings is 1. The van der Waals surface area contributed by atoms with Gasteiger partial charge < -0.3 is 10.6 Å². The van der Waals surface area contributed by atoms with Crippen LogP contribution in [0.1, 0.15) is 30.6 Å². The largest absolute Gasteiger partial charge is 0.355 e. The molecule has 0 spiro atoms. The Morgan fingerprint density at radius 1 is 1.37 bits per heavy atom. The van der Waals surface area contributed by atoms with E-state index in [0.717, 1.165) is 0 Å². The van der Waals surface area contributed by atoms with Crippen LogP contribution in [-0.4, -0.2) is 24.1 Å². The molecule has 1 aliphatic rings. The summed E-state index contributed by atoms with van der Waals surface area (Å²) in [5, 5.41) is 5.41. The van der Waals surface area contributed by atoms with Crippen LogP contribution in [0, 0.1) is 5.41 Å². The van der Waals surface area contributed by atoms with E-state index in [1.165, 1.54) is 6.92 Å². The van der Waals surface area contributed by atoms with Gasteiger partial charge in [-0.25, -0.2) is 0 Å². The van der Waals surface area contributed by atoms with Crippen molar-refractivity contribution in [3.8, 4) is 0 Å². The minimum Gasteiger partial charge on any atom is -0.355 e. The third-order valence-electron chi connectivity index (χ3n) is 3.30. The highest BCUT2D eigenvalue weighted by molar-refractivity contribution is 6.01. The van der Waals surface area contributed by atoms with E-state index < -0.39 is 5.41 Å². The first-order valence-electron chi connectivity index (χ1n) is 6.10. The predicted octanol–water partition coefficient (Wildman–Crippen LogP) is 1.35. The van der Waals surface area contributed by atoms with Gasteiger partial charge in [0.2, 0.25) is 11.8 Å². The molecule has 100 valence electrons. The van der Waals surface area contributed by atoms with Gasteiger partial charge in [-0.1, -0.05) is 12.1 Å². The third-order valence-corrected chi connectivity index (χ3v) is 3.30. The fourth-order valence-electron chi connectivity index (χ4n) is 2.03. The molecule has 0 aliphatic carbocycles. The van der Waals surface area contributed by atoms with Crippen molar-refractivity contribution in [1.29, 1.82) is 0 Å². The molecule has 2 rings (SSSR count). The summed E-state index contributed by atoms with van der Waals surface area (Å²) in [6.45, 7) is 3.56. The number of hydrogen-bond acceptors (Lipinski definition) is 3. The topological polar surface area (TPSA) is 75.3 Å². The molecular formula is C14H16N2O3. The lowest BCUT2D eigenvalue weighted by Gasteiger charge is -2.20. The summed E-state index contributed by atoms with van der Waals surface area (Å²) in [5.41, 5.74) is 0.380. The number of Topliss-reactive ketones (excluding diaryl/α,β-unsaturated/α-hetero) is 1. The molecule has 1 fully saturated rings. The summed E-state index contributed by atoms with van der Waals surface area (Å²) in [6.07, 6.45) is 0.186. The number of rotatable bonds is 3. The van der Waals surface area contributed by atoms with Gasteiger partial charge in [-0.3, -0.25) is 14.4 Å². The van der Waals surface area contributed by atoms with Gasteiger partial charge in [0.05, 0.1) is 5.41 Å². The molecule has 0 radical (unpaired) electrons. The fourth-order valence-corrected chi connectivity index (χ4v) is 2.03. The highest BCUT2D eigenvalue weighted by atomic mass is 16.2. The van der Waals surface area contributed by atoms with Crippen molar-refractivity contribution in [3.63, 3.8) is 0 Å². The highest BCUT2D eigenvalue weighted by Gasteiger charge is 2.40. The van der Waals surface area contributed by atoms with E-state index in [4.69, 9.17) is 0 Å². The first-order chi connectivity index (χ1) is 8.90. The maximum atomic E-state index is 12.2. The lowest BCUT2D eigenvalue weighted by atomic mass is 9.88. The van der Waals surface area contributed by atoms with Gasteiger partial charge in [0.1, 0.15) is 0 Å². The van der Waals surface area contributed by atoms with E-state index in [0.29, 0.717) is 17.8 Å². The van der Waals surface area contributed by atoms with Crippen LogP contribution in [0.2, 0.25) is 0 Å². The van der Waals surface area contributed by atoms with E-state index in [1.54, 1.807) is 31.2 Å². The second kappa shape index (κ2) is 4.84. The molecule has 0 aromatic heterocycles. The summed E-state index contributed by atoms with van der Waals surface area (Å²) >= 11 is 0. The van der Waals surface area contributed by atoms with Crippen molar-refractivity contribution >= 4 is 23.3 Å². The third kappa shape index (κ3) is 2.81. The van der Waals surface area contributed by atoms with Gasteiger partial charge in [0, 0.05) is 24.2 Å². The molecule has 1 heterocycles. The molecule has 19 heavy (non-hydrogen) atoms. The Labute approximate surface area is 111 Å². The van der Waals surface area contributed by atoms with Crippen LogP contribution in [0.4, 0.5) is 5.69 Å². The van der Waals surface area contributed by atoms with E-state index in [9.17, 15) is 14.4 Å². The van der Waals surface area contributed by atoms with E-state index in [-0.39, 0.29) is 24.0 Å². The number of anilines is 1. The zero-order valence-corrected chi connectivity index (χ0v) is 10.9. The Bertz CT molecular complexity index is 553. The van der Waals surface area contributed by atoms with E-state index in [1.807, 2.05) is 0 Å². The Balaban J connectivity index is 2.13. The number of carbonyl (C=O) groups is 3. The molecule has 5 heteroatoms. The summed E-state index contributed by atoms with van der Waals surface area (Å²) in [4.78, 5) is 34.7. The molecule has 0 bridgehead atoms. The lowest BCUT2D eigenvalue weighted by Crippen LogP contribution is -2.35. The SMILES string of the molecule is CC(=O)c1cccc(NC(=O)C2(C)CNC(=O)C2)c1. The molecular weight excluding hydrogens is 244 g/mol. The van der Waals surface area contributed by atoms with Crippen molar-refractivity contribution in [1.82, 2.24) is 5.32 Å². The highest BCUT2D eigenvalue weighted by Crippen LogP contribution is 2.27. The quantitative estimate of drug-likeness (QED) is 0.806. The summed E-state index contributed by atoms with van der Waals surface area (Å²) in [5.74, 6) is -0.387. The van der Waals surface area contributed by atoms with E-state index >= 15 is 0 Å². The van der Waals surface area contributed by atoms with Crippen molar-refractivity contribution in [2.75, 3.05) is 11.9 Å². The van der Waals surface area contributed by atoms with Crippen LogP contribution < -0.4 is 10.6 Å². The molecule has 0 saturated carbocycles. The van der Waals surface area contributed by atoms with Gasteiger partial charge >= 0.3 is 0 Å². The monoisotopic (exact) mass is 260 g/mol. The molecule has 1 atom stereocenters. The Morgan fingerprint density at radius 2 is 2.11 bits per heavy atom. The zero-order chi connectivity index (χ0) is 14.0. The van der Waals surface area contributed by atoms with Gasteiger partial charge in [-0.15, -0.1) is 0 Å². The zero-order valence-electron chi connectivity index (χ0n) is 10.9. The smallest absolute Gasteiger partial charge is 0.232 e. The summed E-state index contributed by atoms with van der Waals surface area (Å²) in [7, 11) is 0. The van der Waals surface area contributed by atoms with Crippen molar-refractivity contribution in [2.24, 2.45) is 5.41 Å². The Kier molecular flexibility index (Phi) is 3.38. The molecule has 1 aromatic rings. The first kappa shape index (κ1) is 13.3. The second-order valence-electron chi connectivity index (χ2n) is 5.11. The van der Waals surface area contributed by atoms with Gasteiger partial charge in [0.15, 0.2) is 5.78 Å². The summed E-state index contributed by atoms with van der Waals surface area (Å²) in [6, 6.07) is 6.76. The predicted molar refractivity (Wildman–Crippen MR) is 70.8 cm³/mol. The number of nitrogens with one attached hydrogen (secondary N) is 2. The van der Waals surface area contributed by atoms with Gasteiger partial charge in [0.25, 0.3) is 0 Å². The molecule has 2 N–H and O–H groups in total. The minimum absolute atomic E-state index is 0.0555. The average molecular weight is 260 g/mol. The van der Waals surface area contributed by atoms with Crippen molar-refractivity contribution in [3.05, 3.63) is 29.8 Å². The average Bonchev–Trinajstić information content (AvgIpc) is 2.71. The number of ketones is 1. The van der Waals surface area contributed by atoms with Crippen LogP contribution in [0.3, 0.4) is 0 Å². The van der Waals surface area contributed by atoms with Gasteiger partial charge in [-0.2, -0.15) is 0 Å². The van der Waals surface area contributed by atoms with Crippen LogP contribution >= 0.6 is 0 Å². The maximum absolute atomic E-state index is 12.2. The summed E-state index contributed by atoms with van der Waals surface area (Å²) < 4.78 is 0. The van der Waals surface area contributed by atoms with Crippen LogP contribution in [0.25, 0.3) is 0 Å². The van der Waals surface area contributed by atoms with Crippen LogP contribution in [0.15, 0.2) is 24.3 Å².